The minimum absolute atomic E-state index is 0.00670. The Balaban J connectivity index is 1.98. The summed E-state index contributed by atoms with van der Waals surface area (Å²) in [7, 11) is -1.54. The molecule has 0 saturated carbocycles. The van der Waals surface area contributed by atoms with E-state index in [1.807, 2.05) is 5.70 Å². The van der Waals surface area contributed by atoms with Gasteiger partial charge in [0.25, 0.3) is 11.8 Å². The van der Waals surface area contributed by atoms with Crippen molar-refractivity contribution in [2.45, 2.75) is 38.4 Å². The molecule has 25 heavy (non-hydrogen) atoms. The zero-order valence-electron chi connectivity index (χ0n) is 14.4. The molecule has 1 aromatic rings. The summed E-state index contributed by atoms with van der Waals surface area (Å²) in [6.07, 6.45) is 0.527. The first-order chi connectivity index (χ1) is 11.7. The third kappa shape index (κ3) is 4.73. The van der Waals surface area contributed by atoms with Crippen LogP contribution in [-0.4, -0.2) is 36.7 Å². The van der Waals surface area contributed by atoms with E-state index in [1.165, 1.54) is 12.1 Å². The summed E-state index contributed by atoms with van der Waals surface area (Å²) in [4.78, 5) is 52.0. The van der Waals surface area contributed by atoms with Crippen LogP contribution in [0.4, 0.5) is 0 Å². The molecule has 0 N–H and O–H groups in total. The molecule has 6 nitrogen and oxygen atoms in total. The van der Waals surface area contributed by atoms with Crippen molar-refractivity contribution in [1.82, 2.24) is 5.06 Å². The van der Waals surface area contributed by atoms with Crippen LogP contribution < -0.4 is 0 Å². The molecule has 132 valence electrons. The molecule has 0 bridgehead atoms. The third-order valence-electron chi connectivity index (χ3n) is 4.17. The van der Waals surface area contributed by atoms with Crippen LogP contribution >= 0.6 is 0 Å². The fraction of sp³-hybridized carbons (Fsp3) is 0.333. The molecule has 0 aromatic heterocycles. The van der Waals surface area contributed by atoms with Gasteiger partial charge in [-0.2, -0.15) is 0 Å². The molecule has 1 saturated heterocycles. The van der Waals surface area contributed by atoms with Crippen LogP contribution in [0.15, 0.2) is 36.5 Å². The predicted octanol–water partition coefficient (Wildman–Crippen LogP) is 2.91. The molecule has 0 radical (unpaired) electrons. The Bertz CT molecular complexity index is 707. The van der Waals surface area contributed by atoms with Gasteiger partial charge in [-0.15, -0.1) is 17.3 Å². The normalized spacial score (nSPS) is 14.6. The quantitative estimate of drug-likeness (QED) is 0.425. The van der Waals surface area contributed by atoms with Crippen molar-refractivity contribution in [1.29, 1.82) is 0 Å². The van der Waals surface area contributed by atoms with Crippen LogP contribution in [0.25, 0.3) is 0 Å². The summed E-state index contributed by atoms with van der Waals surface area (Å²) in [5.74, 6) is -1.85. The maximum absolute atomic E-state index is 12.2. The van der Waals surface area contributed by atoms with E-state index in [4.69, 9.17) is 4.84 Å². The number of ketones is 1. The number of imide groups is 1. The lowest BCUT2D eigenvalue weighted by Crippen LogP contribution is -2.32. The first-order valence-electron chi connectivity index (χ1n) is 8.08. The van der Waals surface area contributed by atoms with Gasteiger partial charge in [-0.1, -0.05) is 25.2 Å². The Labute approximate surface area is 147 Å². The second kappa shape index (κ2) is 7.56. The van der Waals surface area contributed by atoms with Gasteiger partial charge in [-0.3, -0.25) is 14.4 Å². The number of hydroxylamine groups is 2. The van der Waals surface area contributed by atoms with Gasteiger partial charge in [0.05, 0.1) is 13.6 Å². The molecular formula is C18H21NO5Si. The van der Waals surface area contributed by atoms with E-state index in [9.17, 15) is 19.2 Å². The lowest BCUT2D eigenvalue weighted by Gasteiger charge is -2.16. The van der Waals surface area contributed by atoms with Crippen molar-refractivity contribution < 1.29 is 24.0 Å². The smallest absolute Gasteiger partial charge is 0.325 e. The van der Waals surface area contributed by atoms with Gasteiger partial charge in [0.1, 0.15) is 0 Å². The highest BCUT2D eigenvalue weighted by atomic mass is 28.3. The van der Waals surface area contributed by atoms with Gasteiger partial charge in [0.2, 0.25) is 0 Å². The van der Waals surface area contributed by atoms with Crippen LogP contribution in [0, 0.1) is 0 Å². The monoisotopic (exact) mass is 359 g/mol. The predicted molar refractivity (Wildman–Crippen MR) is 94.4 cm³/mol. The van der Waals surface area contributed by atoms with Gasteiger partial charge >= 0.3 is 5.97 Å². The maximum Gasteiger partial charge on any atom is 0.363 e. The molecule has 2 rings (SSSR count). The zero-order valence-corrected chi connectivity index (χ0v) is 15.4. The summed E-state index contributed by atoms with van der Waals surface area (Å²) < 4.78 is 0. The summed E-state index contributed by atoms with van der Waals surface area (Å²) in [5, 5.41) is 0.503. The van der Waals surface area contributed by atoms with Gasteiger partial charge in [0, 0.05) is 24.8 Å². The van der Waals surface area contributed by atoms with Crippen molar-refractivity contribution in [3.8, 4) is 0 Å². The molecule has 1 aromatic carbocycles. The summed E-state index contributed by atoms with van der Waals surface area (Å²) in [5.41, 5.74) is 2.64. The molecule has 0 unspecified atom stereocenters. The van der Waals surface area contributed by atoms with Crippen LogP contribution in [-0.2, 0) is 14.4 Å². The molecule has 0 aliphatic carbocycles. The van der Waals surface area contributed by atoms with Crippen molar-refractivity contribution in [2.24, 2.45) is 0 Å². The number of rotatable bonds is 7. The van der Waals surface area contributed by atoms with E-state index >= 15 is 0 Å². The Kier molecular flexibility index (Phi) is 5.68. The Morgan fingerprint density at radius 1 is 1.12 bits per heavy atom. The molecule has 1 fully saturated rings. The number of nitrogens with zero attached hydrogens (tertiary/aromatic N) is 1. The number of hydrogen-bond acceptors (Lipinski definition) is 5. The second-order valence-corrected chi connectivity index (χ2v) is 11.5. The number of carbonyl (C=O) groups is 4. The SMILES string of the molecule is C=C[Si](C)(C)CCC(=O)c1ccc(C(=O)ON2C(=O)CCC2=O)cc1. The summed E-state index contributed by atoms with van der Waals surface area (Å²) >= 11 is 0. The Morgan fingerprint density at radius 2 is 1.64 bits per heavy atom. The number of benzene rings is 1. The number of Topliss-reactive ketones (excluding diaryl/α,β-unsaturated/α-hetero) is 1. The van der Waals surface area contributed by atoms with E-state index in [0.717, 1.165) is 6.04 Å². The van der Waals surface area contributed by atoms with Crippen LogP contribution in [0.2, 0.25) is 19.1 Å². The zero-order chi connectivity index (χ0) is 18.6. The summed E-state index contributed by atoms with van der Waals surface area (Å²) in [6, 6.07) is 6.83. The summed E-state index contributed by atoms with van der Waals surface area (Å²) in [6.45, 7) is 8.11. The highest BCUT2D eigenvalue weighted by Gasteiger charge is 2.33. The highest BCUT2D eigenvalue weighted by molar-refractivity contribution is 6.82. The first kappa shape index (κ1) is 18.8. The molecule has 1 aliphatic heterocycles. The Hall–Kier alpha value is -2.54. The minimum Gasteiger partial charge on any atom is -0.325 e. The van der Waals surface area contributed by atoms with Gasteiger partial charge in [-0.25, -0.2) is 4.79 Å². The number of hydrogen-bond donors (Lipinski definition) is 0. The van der Waals surface area contributed by atoms with E-state index in [-0.39, 0.29) is 24.2 Å². The average molecular weight is 359 g/mol. The molecule has 7 heteroatoms. The molecular weight excluding hydrogens is 338 g/mol. The standard InChI is InChI=1S/C18H21NO5Si/c1-4-25(2,3)12-11-15(20)13-5-7-14(8-6-13)18(23)24-19-16(21)9-10-17(19)22/h4-8H,1,9-12H2,2-3H3. The topological polar surface area (TPSA) is 80.8 Å². The third-order valence-corrected chi connectivity index (χ3v) is 6.82. The van der Waals surface area contributed by atoms with Crippen molar-refractivity contribution >= 4 is 31.6 Å². The largest absolute Gasteiger partial charge is 0.363 e. The van der Waals surface area contributed by atoms with Gasteiger partial charge < -0.3 is 4.84 Å². The molecule has 2 amide bonds. The lowest BCUT2D eigenvalue weighted by molar-refractivity contribution is -0.172. The van der Waals surface area contributed by atoms with Crippen LogP contribution in [0.5, 0.6) is 0 Å². The number of carbonyl (C=O) groups excluding carboxylic acids is 4. The minimum atomic E-state index is -1.54. The van der Waals surface area contributed by atoms with E-state index < -0.39 is 25.9 Å². The second-order valence-electron chi connectivity index (χ2n) is 6.65. The average Bonchev–Trinajstić information content (AvgIpc) is 2.91. The molecule has 1 aliphatic rings. The van der Waals surface area contributed by atoms with E-state index in [0.29, 0.717) is 17.0 Å². The number of amides is 2. The fourth-order valence-corrected chi connectivity index (χ4v) is 3.34. The molecule has 1 heterocycles. The van der Waals surface area contributed by atoms with Crippen molar-refractivity contribution in [3.63, 3.8) is 0 Å². The highest BCUT2D eigenvalue weighted by Crippen LogP contribution is 2.17. The Morgan fingerprint density at radius 3 is 2.16 bits per heavy atom. The van der Waals surface area contributed by atoms with Gasteiger partial charge in [0.15, 0.2) is 5.78 Å². The molecule has 0 spiro atoms. The van der Waals surface area contributed by atoms with Crippen LogP contribution in [0.1, 0.15) is 40.0 Å². The van der Waals surface area contributed by atoms with Crippen molar-refractivity contribution in [2.75, 3.05) is 0 Å². The lowest BCUT2D eigenvalue weighted by atomic mass is 10.1. The van der Waals surface area contributed by atoms with Crippen molar-refractivity contribution in [3.05, 3.63) is 47.7 Å². The molecule has 0 atom stereocenters. The van der Waals surface area contributed by atoms with Crippen LogP contribution in [0.3, 0.4) is 0 Å². The fourth-order valence-electron chi connectivity index (χ4n) is 2.27. The van der Waals surface area contributed by atoms with Gasteiger partial charge in [-0.05, 0) is 18.2 Å². The first-order valence-corrected chi connectivity index (χ1v) is 11.4. The maximum atomic E-state index is 12.2. The van der Waals surface area contributed by atoms with E-state index in [1.54, 1.807) is 12.1 Å². The van der Waals surface area contributed by atoms with E-state index in [2.05, 4.69) is 19.7 Å².